The molecule has 0 aliphatic carbocycles. The van der Waals surface area contributed by atoms with Crippen molar-refractivity contribution in [2.75, 3.05) is 13.2 Å². The van der Waals surface area contributed by atoms with Crippen LogP contribution in [0.4, 0.5) is 0 Å². The first-order valence-electron chi connectivity index (χ1n) is 27.2. The molecular formula is C60H100O6. The average Bonchev–Trinajstić information content (AvgIpc) is 3.31. The second kappa shape index (κ2) is 53.9. The lowest BCUT2D eigenvalue weighted by Crippen LogP contribution is -2.30. The van der Waals surface area contributed by atoms with Crippen molar-refractivity contribution >= 4 is 17.9 Å². The summed E-state index contributed by atoms with van der Waals surface area (Å²) in [4.78, 5) is 38.0. The van der Waals surface area contributed by atoms with Crippen molar-refractivity contribution < 1.29 is 28.6 Å². The van der Waals surface area contributed by atoms with E-state index < -0.39 is 6.10 Å². The summed E-state index contributed by atoms with van der Waals surface area (Å²) in [6.07, 6.45) is 71.1. The predicted octanol–water partition coefficient (Wildman–Crippen LogP) is 18.1. The third-order valence-electron chi connectivity index (χ3n) is 11.3. The first-order chi connectivity index (χ1) is 32.5. The van der Waals surface area contributed by atoms with Gasteiger partial charge in [0, 0.05) is 19.3 Å². The molecule has 1 atom stereocenters. The molecule has 0 aromatic carbocycles. The Morgan fingerprint density at radius 1 is 0.318 bits per heavy atom. The summed E-state index contributed by atoms with van der Waals surface area (Å²) in [5, 5.41) is 0. The van der Waals surface area contributed by atoms with Gasteiger partial charge in [0.15, 0.2) is 6.10 Å². The Hall–Kier alpha value is -3.67. The summed E-state index contributed by atoms with van der Waals surface area (Å²) in [5.41, 5.74) is 0. The van der Waals surface area contributed by atoms with E-state index in [0.717, 1.165) is 122 Å². The molecule has 0 N–H and O–H groups in total. The minimum absolute atomic E-state index is 0.0998. The van der Waals surface area contributed by atoms with Crippen LogP contribution in [0, 0.1) is 0 Å². The lowest BCUT2D eigenvalue weighted by molar-refractivity contribution is -0.167. The van der Waals surface area contributed by atoms with Crippen LogP contribution in [0.5, 0.6) is 0 Å². The monoisotopic (exact) mass is 917 g/mol. The van der Waals surface area contributed by atoms with E-state index in [1.54, 1.807) is 0 Å². The van der Waals surface area contributed by atoms with Gasteiger partial charge in [-0.05, 0) is 116 Å². The fourth-order valence-corrected chi connectivity index (χ4v) is 7.18. The molecular weight excluding hydrogens is 817 g/mol. The highest BCUT2D eigenvalue weighted by molar-refractivity contribution is 5.71. The Morgan fingerprint density at radius 2 is 0.606 bits per heavy atom. The van der Waals surface area contributed by atoms with Crippen LogP contribution in [-0.4, -0.2) is 37.2 Å². The minimum Gasteiger partial charge on any atom is -0.462 e. The molecule has 0 bridgehead atoms. The zero-order valence-corrected chi connectivity index (χ0v) is 42.9. The highest BCUT2D eigenvalue weighted by Gasteiger charge is 2.19. The Morgan fingerprint density at radius 3 is 1.02 bits per heavy atom. The number of carbonyl (C=O) groups excluding carboxylic acids is 3. The summed E-state index contributed by atoms with van der Waals surface area (Å²) >= 11 is 0. The van der Waals surface area contributed by atoms with E-state index in [1.807, 2.05) is 0 Å². The first kappa shape index (κ1) is 62.3. The molecule has 0 aliphatic heterocycles. The molecule has 0 radical (unpaired) electrons. The Balaban J connectivity index is 4.45. The summed E-state index contributed by atoms with van der Waals surface area (Å²) in [6.45, 7) is 6.43. The van der Waals surface area contributed by atoms with Crippen molar-refractivity contribution in [3.8, 4) is 0 Å². The number of hydrogen-bond donors (Lipinski definition) is 0. The Kier molecular flexibility index (Phi) is 50.9. The van der Waals surface area contributed by atoms with Crippen molar-refractivity contribution in [2.45, 2.75) is 252 Å². The van der Waals surface area contributed by atoms with Gasteiger partial charge in [0.05, 0.1) is 0 Å². The van der Waals surface area contributed by atoms with E-state index in [-0.39, 0.29) is 31.1 Å². The van der Waals surface area contributed by atoms with Crippen LogP contribution in [0.2, 0.25) is 0 Å². The molecule has 66 heavy (non-hydrogen) atoms. The zero-order chi connectivity index (χ0) is 47.9. The third-order valence-corrected chi connectivity index (χ3v) is 11.3. The van der Waals surface area contributed by atoms with Crippen molar-refractivity contribution in [1.82, 2.24) is 0 Å². The van der Waals surface area contributed by atoms with E-state index in [0.29, 0.717) is 19.3 Å². The van der Waals surface area contributed by atoms with Gasteiger partial charge in [0.1, 0.15) is 13.2 Å². The van der Waals surface area contributed by atoms with Gasteiger partial charge >= 0.3 is 17.9 Å². The van der Waals surface area contributed by atoms with E-state index in [4.69, 9.17) is 14.2 Å². The molecule has 1 unspecified atom stereocenters. The summed E-state index contributed by atoms with van der Waals surface area (Å²) in [6, 6.07) is 0. The van der Waals surface area contributed by atoms with Gasteiger partial charge in [-0.3, -0.25) is 14.4 Å². The molecule has 0 saturated heterocycles. The largest absolute Gasteiger partial charge is 0.462 e. The third kappa shape index (κ3) is 51.3. The SMILES string of the molecule is CC/C=C\C/C=C\C/C=C\C/C=C\C/C=C\C/C=C\CCCCC(=O)OCC(COC(=O)CCCCCCC/C=C\CCCC)OC(=O)CCCCCCC/C=C\CCCCCCCCC. The molecule has 0 aliphatic rings. The molecule has 0 heterocycles. The van der Waals surface area contributed by atoms with E-state index >= 15 is 0 Å². The highest BCUT2D eigenvalue weighted by Crippen LogP contribution is 2.13. The second-order valence-electron chi connectivity index (χ2n) is 17.7. The highest BCUT2D eigenvalue weighted by atomic mass is 16.6. The molecule has 0 aromatic heterocycles. The molecule has 6 heteroatoms. The van der Waals surface area contributed by atoms with Crippen LogP contribution in [-0.2, 0) is 28.6 Å². The number of ether oxygens (including phenoxy) is 3. The maximum absolute atomic E-state index is 12.8. The summed E-state index contributed by atoms with van der Waals surface area (Å²) in [5.74, 6) is -0.963. The van der Waals surface area contributed by atoms with E-state index in [1.165, 1.54) is 83.5 Å². The molecule has 0 aromatic rings. The molecule has 0 fully saturated rings. The summed E-state index contributed by atoms with van der Waals surface area (Å²) in [7, 11) is 0. The molecule has 0 spiro atoms. The molecule has 0 saturated carbocycles. The Bertz CT molecular complexity index is 1330. The number of unbranched alkanes of at least 4 members (excludes halogenated alkanes) is 21. The van der Waals surface area contributed by atoms with Crippen molar-refractivity contribution in [3.05, 3.63) is 97.2 Å². The smallest absolute Gasteiger partial charge is 0.306 e. The molecule has 0 amide bonds. The standard InChI is InChI=1S/C60H100O6/c1-4-7-10-13-16-19-22-24-26-28-29-30-31-32-34-35-38-41-44-47-50-53-59(62)65-56-57(55-64-58(61)52-49-46-43-40-37-21-18-15-12-9-6-3)66-60(63)54-51-48-45-42-39-36-33-27-25-23-20-17-14-11-8-5-2/h7,10,15-16,18-19,24,26-27,29-30,32-34,38,41,57H,4-6,8-9,11-14,17,20-23,25,28,31,35-37,39-40,42-56H2,1-3H3/b10-7-,18-15-,19-16-,26-24-,30-29-,33-27-,34-32-,41-38-. The van der Waals surface area contributed by atoms with Gasteiger partial charge in [-0.25, -0.2) is 0 Å². The van der Waals surface area contributed by atoms with Gasteiger partial charge in [-0.1, -0.05) is 208 Å². The lowest BCUT2D eigenvalue weighted by Gasteiger charge is -2.18. The second-order valence-corrected chi connectivity index (χ2v) is 17.7. The maximum atomic E-state index is 12.8. The molecule has 6 nitrogen and oxygen atoms in total. The number of allylic oxidation sites excluding steroid dienone is 16. The first-order valence-corrected chi connectivity index (χ1v) is 27.2. The Labute approximate surface area is 407 Å². The van der Waals surface area contributed by atoms with Crippen LogP contribution >= 0.6 is 0 Å². The topological polar surface area (TPSA) is 78.9 Å². The van der Waals surface area contributed by atoms with E-state index in [9.17, 15) is 14.4 Å². The van der Waals surface area contributed by atoms with Gasteiger partial charge < -0.3 is 14.2 Å². The molecule has 0 rings (SSSR count). The predicted molar refractivity (Wildman–Crippen MR) is 284 cm³/mol. The van der Waals surface area contributed by atoms with E-state index in [2.05, 4.69) is 118 Å². The van der Waals surface area contributed by atoms with Crippen LogP contribution in [0.15, 0.2) is 97.2 Å². The van der Waals surface area contributed by atoms with Gasteiger partial charge in [-0.15, -0.1) is 0 Å². The quantitative estimate of drug-likeness (QED) is 0.0262. The van der Waals surface area contributed by atoms with Crippen LogP contribution in [0.3, 0.4) is 0 Å². The minimum atomic E-state index is -0.803. The lowest BCUT2D eigenvalue weighted by atomic mass is 10.1. The van der Waals surface area contributed by atoms with Crippen LogP contribution < -0.4 is 0 Å². The van der Waals surface area contributed by atoms with Crippen molar-refractivity contribution in [1.29, 1.82) is 0 Å². The zero-order valence-electron chi connectivity index (χ0n) is 42.9. The van der Waals surface area contributed by atoms with Gasteiger partial charge in [0.2, 0.25) is 0 Å². The number of carbonyl (C=O) groups is 3. The number of esters is 3. The van der Waals surface area contributed by atoms with Crippen molar-refractivity contribution in [3.63, 3.8) is 0 Å². The van der Waals surface area contributed by atoms with Gasteiger partial charge in [0.25, 0.3) is 0 Å². The fraction of sp³-hybridized carbons (Fsp3) is 0.683. The fourth-order valence-electron chi connectivity index (χ4n) is 7.18. The normalized spacial score (nSPS) is 12.8. The maximum Gasteiger partial charge on any atom is 0.306 e. The number of rotatable bonds is 48. The number of hydrogen-bond acceptors (Lipinski definition) is 6. The van der Waals surface area contributed by atoms with Crippen LogP contribution in [0.1, 0.15) is 245 Å². The van der Waals surface area contributed by atoms with Gasteiger partial charge in [-0.2, -0.15) is 0 Å². The van der Waals surface area contributed by atoms with Crippen LogP contribution in [0.25, 0.3) is 0 Å². The average molecular weight is 917 g/mol. The summed E-state index contributed by atoms with van der Waals surface area (Å²) < 4.78 is 16.8. The van der Waals surface area contributed by atoms with Crippen molar-refractivity contribution in [2.24, 2.45) is 0 Å². The molecule has 376 valence electrons.